The molecule has 2 aliphatic heterocycles. The molecule has 0 spiro atoms. The number of aromatic amines is 2. The Labute approximate surface area is 366 Å². The average Bonchev–Trinajstić information content (AvgIpc) is 4.11. The van der Waals surface area contributed by atoms with Crippen molar-refractivity contribution in [3.63, 3.8) is 0 Å². The molecule has 0 fully saturated rings. The van der Waals surface area contributed by atoms with E-state index < -0.39 is 0 Å². The van der Waals surface area contributed by atoms with E-state index in [1.807, 2.05) is 24.3 Å². The maximum atomic E-state index is 5.45. The van der Waals surface area contributed by atoms with Crippen LogP contribution in [0.4, 0.5) is 0 Å². The zero-order valence-electron chi connectivity index (χ0n) is 34.2. The maximum Gasteiger partial charge on any atom is 0.165 e. The molecule has 0 aliphatic carbocycles. The van der Waals surface area contributed by atoms with E-state index in [4.69, 9.17) is 29.9 Å². The minimum Gasteiger partial charge on any atom is -0.324 e. The highest BCUT2D eigenvalue weighted by Gasteiger charge is 2.27. The number of nitrogens with zero attached hydrogens (tertiary/aromatic N) is 6. The van der Waals surface area contributed by atoms with Crippen LogP contribution in [0.15, 0.2) is 194 Å². The number of nitrogens with one attached hydrogen (secondary N) is 2. The van der Waals surface area contributed by atoms with Gasteiger partial charge in [-0.2, -0.15) is 0 Å². The van der Waals surface area contributed by atoms with Crippen molar-refractivity contribution >= 4 is 44.1 Å². The van der Waals surface area contributed by atoms with E-state index in [9.17, 15) is 0 Å². The van der Waals surface area contributed by atoms with Crippen LogP contribution in [0.2, 0.25) is 0 Å². The molecule has 298 valence electrons. The predicted octanol–water partition coefficient (Wildman–Crippen LogP) is 13.5. The van der Waals surface area contributed by atoms with Crippen LogP contribution in [-0.2, 0) is 0 Å². The Morgan fingerprint density at radius 3 is 0.938 bits per heavy atom. The largest absolute Gasteiger partial charge is 0.324 e. The van der Waals surface area contributed by atoms with Gasteiger partial charge in [0, 0.05) is 43.8 Å². The summed E-state index contributed by atoms with van der Waals surface area (Å²) in [4.78, 5) is 39.8. The molecule has 8 heteroatoms. The minimum atomic E-state index is 0.549. The summed E-state index contributed by atoms with van der Waals surface area (Å²) in [6.45, 7) is 0. The first-order valence-corrected chi connectivity index (χ1v) is 21.3. The van der Waals surface area contributed by atoms with Gasteiger partial charge in [0.2, 0.25) is 0 Å². The molecular weight excluding hydrogens is 785 g/mol. The van der Waals surface area contributed by atoms with Crippen molar-refractivity contribution in [1.29, 1.82) is 0 Å². The van der Waals surface area contributed by atoms with Gasteiger partial charge in [-0.3, -0.25) is 0 Å². The summed E-state index contributed by atoms with van der Waals surface area (Å²) in [6.07, 6.45) is 0. The third-order valence-corrected chi connectivity index (χ3v) is 12.3. The van der Waals surface area contributed by atoms with Crippen LogP contribution in [0.1, 0.15) is 0 Å². The van der Waals surface area contributed by atoms with Crippen LogP contribution >= 0.6 is 0 Å². The second-order valence-corrected chi connectivity index (χ2v) is 16.0. The molecule has 3 aromatic heterocycles. The minimum absolute atomic E-state index is 0.549. The van der Waals surface area contributed by atoms with Crippen molar-refractivity contribution in [1.82, 2.24) is 39.9 Å². The SMILES string of the molecule is c1ccc(-c2cccc3c2-c2nc-3nc3[nH]c(nc4nc(nc5[nH]c(n2)c2cccc(-c6ccccc6)c52)-c2cccc(-c5ccccc5)c2-4)c2cccc(-c4ccccc4)c32)cc1. The molecule has 2 N–H and O–H groups in total. The van der Waals surface area contributed by atoms with Gasteiger partial charge in [-0.15, -0.1) is 0 Å². The number of benzene rings is 8. The lowest BCUT2D eigenvalue weighted by atomic mass is 9.96. The van der Waals surface area contributed by atoms with E-state index in [-0.39, 0.29) is 0 Å². The fraction of sp³-hybridized carbons (Fsp3) is 0. The lowest BCUT2D eigenvalue weighted by Gasteiger charge is -2.08. The Hall–Kier alpha value is -8.88. The van der Waals surface area contributed by atoms with Crippen LogP contribution in [0.5, 0.6) is 0 Å². The van der Waals surface area contributed by atoms with Crippen LogP contribution in [0.25, 0.3) is 134 Å². The normalized spacial score (nSPS) is 11.8. The summed E-state index contributed by atoms with van der Waals surface area (Å²) in [7, 11) is 0. The fourth-order valence-corrected chi connectivity index (χ4v) is 9.42. The predicted molar refractivity (Wildman–Crippen MR) is 258 cm³/mol. The molecule has 5 heterocycles. The Bertz CT molecular complexity index is 3570. The van der Waals surface area contributed by atoms with Crippen molar-refractivity contribution in [3.05, 3.63) is 194 Å². The first-order chi connectivity index (χ1) is 31.7. The third kappa shape index (κ3) is 5.70. The Morgan fingerprint density at radius 2 is 0.547 bits per heavy atom. The summed E-state index contributed by atoms with van der Waals surface area (Å²) in [5, 5.41) is 3.69. The Morgan fingerprint density at radius 1 is 0.234 bits per heavy atom. The van der Waals surface area contributed by atoms with Gasteiger partial charge < -0.3 is 9.97 Å². The number of H-pyrrole nitrogens is 2. The molecule has 0 atom stereocenters. The van der Waals surface area contributed by atoms with Crippen molar-refractivity contribution < 1.29 is 0 Å². The Balaban J connectivity index is 1.23. The van der Waals surface area contributed by atoms with Gasteiger partial charge in [0.15, 0.2) is 23.3 Å². The molecule has 2 aliphatic rings. The van der Waals surface area contributed by atoms with E-state index in [0.717, 1.165) is 88.3 Å². The van der Waals surface area contributed by atoms with Crippen LogP contribution in [0.3, 0.4) is 0 Å². The van der Waals surface area contributed by atoms with Crippen LogP contribution < -0.4 is 0 Å². The number of rotatable bonds is 4. The molecule has 8 aromatic carbocycles. The number of fused-ring (bicyclic) bond motifs is 20. The summed E-state index contributed by atoms with van der Waals surface area (Å²) >= 11 is 0. The van der Waals surface area contributed by atoms with Gasteiger partial charge in [0.05, 0.1) is 0 Å². The molecular formula is C56H34N8. The van der Waals surface area contributed by atoms with Crippen molar-refractivity contribution in [2.75, 3.05) is 0 Å². The molecule has 11 aromatic rings. The zero-order chi connectivity index (χ0) is 42.1. The Kier molecular flexibility index (Phi) is 8.04. The van der Waals surface area contributed by atoms with E-state index >= 15 is 0 Å². The third-order valence-electron chi connectivity index (χ3n) is 12.3. The van der Waals surface area contributed by atoms with Gasteiger partial charge in [-0.05, 0) is 44.5 Å². The van der Waals surface area contributed by atoms with Crippen LogP contribution in [-0.4, -0.2) is 39.9 Å². The highest BCUT2D eigenvalue weighted by atomic mass is 15.1. The van der Waals surface area contributed by atoms with E-state index in [2.05, 4.69) is 180 Å². The fourth-order valence-electron chi connectivity index (χ4n) is 9.42. The van der Waals surface area contributed by atoms with Gasteiger partial charge >= 0.3 is 0 Å². The summed E-state index contributed by atoms with van der Waals surface area (Å²) in [6, 6.07) is 66.8. The van der Waals surface area contributed by atoms with Gasteiger partial charge in [-0.25, -0.2) is 29.9 Å². The highest BCUT2D eigenvalue weighted by Crippen LogP contribution is 2.45. The van der Waals surface area contributed by atoms with Crippen molar-refractivity contribution in [2.45, 2.75) is 0 Å². The molecule has 8 bridgehead atoms. The van der Waals surface area contributed by atoms with Crippen LogP contribution in [0, 0.1) is 0 Å². The monoisotopic (exact) mass is 818 g/mol. The first-order valence-electron chi connectivity index (χ1n) is 21.3. The van der Waals surface area contributed by atoms with E-state index in [1.165, 1.54) is 0 Å². The van der Waals surface area contributed by atoms with Gasteiger partial charge in [0.1, 0.15) is 22.6 Å². The van der Waals surface area contributed by atoms with Crippen molar-refractivity contribution in [3.8, 4) is 90.1 Å². The second kappa shape index (κ2) is 14.4. The summed E-state index contributed by atoms with van der Waals surface area (Å²) < 4.78 is 0. The molecule has 64 heavy (non-hydrogen) atoms. The molecule has 0 radical (unpaired) electrons. The smallest absolute Gasteiger partial charge is 0.165 e. The van der Waals surface area contributed by atoms with Gasteiger partial charge in [-0.1, -0.05) is 194 Å². The number of hydrogen-bond donors (Lipinski definition) is 2. The second-order valence-electron chi connectivity index (χ2n) is 16.0. The lowest BCUT2D eigenvalue weighted by molar-refractivity contribution is 1.19. The average molecular weight is 819 g/mol. The zero-order valence-corrected chi connectivity index (χ0v) is 34.2. The number of aromatic nitrogens is 8. The molecule has 0 saturated heterocycles. The summed E-state index contributed by atoms with van der Waals surface area (Å²) in [5.41, 5.74) is 14.5. The molecule has 0 amide bonds. The molecule has 13 rings (SSSR count). The topological polar surface area (TPSA) is 109 Å². The quantitative estimate of drug-likeness (QED) is 0.183. The van der Waals surface area contributed by atoms with Gasteiger partial charge in [0.25, 0.3) is 0 Å². The standard InChI is InChI=1S/C56H34N8/c1-5-17-33(18-6-1)37-25-13-29-41-45(37)53-57-49(41)62-54-47-39(35-21-9-3-10-22-35)27-15-31-43(47)51(59-54)64-56-48-40(36-23-11-4-12-24-36)28-16-32-44(48)52(60-56)63-55-46-38(34-19-7-2-8-20-34)26-14-30-42(46)50(58-55)61-53/h1-32H,(H2,57,58,59,60,61,62,63,64). The molecule has 0 unspecified atom stereocenters. The lowest BCUT2D eigenvalue weighted by Crippen LogP contribution is -1.88. The van der Waals surface area contributed by atoms with E-state index in [0.29, 0.717) is 45.9 Å². The van der Waals surface area contributed by atoms with Crippen molar-refractivity contribution in [2.24, 2.45) is 0 Å². The van der Waals surface area contributed by atoms with E-state index in [1.54, 1.807) is 0 Å². The molecule has 8 nitrogen and oxygen atoms in total. The maximum absolute atomic E-state index is 5.45. The summed E-state index contributed by atoms with van der Waals surface area (Å²) in [5.74, 6) is 2.20. The highest BCUT2D eigenvalue weighted by molar-refractivity contribution is 6.14. The molecule has 0 saturated carbocycles. The number of hydrogen-bond acceptors (Lipinski definition) is 6. The first kappa shape index (κ1) is 35.8.